The SMILES string of the molecule is COCc1cn2cc[c]cc2n1. The minimum Gasteiger partial charge on any atom is -0.378 e. The summed E-state index contributed by atoms with van der Waals surface area (Å²) >= 11 is 0. The van der Waals surface area contributed by atoms with Gasteiger partial charge in [0.25, 0.3) is 0 Å². The molecule has 2 rings (SSSR count). The van der Waals surface area contributed by atoms with Crippen LogP contribution in [0.25, 0.3) is 5.65 Å². The van der Waals surface area contributed by atoms with Crippen molar-refractivity contribution >= 4 is 5.65 Å². The van der Waals surface area contributed by atoms with E-state index in [0.717, 1.165) is 11.3 Å². The lowest BCUT2D eigenvalue weighted by Crippen LogP contribution is -1.85. The molecule has 3 heteroatoms. The van der Waals surface area contributed by atoms with Crippen molar-refractivity contribution in [3.63, 3.8) is 0 Å². The van der Waals surface area contributed by atoms with Gasteiger partial charge in [0.1, 0.15) is 5.65 Å². The molecular formula is C9H9N2O. The maximum Gasteiger partial charge on any atom is 0.137 e. The van der Waals surface area contributed by atoms with E-state index in [2.05, 4.69) is 11.1 Å². The zero-order valence-corrected chi connectivity index (χ0v) is 6.82. The molecule has 12 heavy (non-hydrogen) atoms. The van der Waals surface area contributed by atoms with Gasteiger partial charge in [-0.15, -0.1) is 0 Å². The fraction of sp³-hybridized carbons (Fsp3) is 0.222. The quantitative estimate of drug-likeness (QED) is 0.663. The molecule has 0 fully saturated rings. The number of pyridine rings is 1. The molecule has 1 radical (unpaired) electrons. The minimum absolute atomic E-state index is 0.557. The van der Waals surface area contributed by atoms with Gasteiger partial charge in [0, 0.05) is 19.5 Å². The summed E-state index contributed by atoms with van der Waals surface area (Å²) in [6, 6.07) is 6.67. The fourth-order valence-corrected chi connectivity index (χ4v) is 1.15. The predicted octanol–water partition coefficient (Wildman–Crippen LogP) is 1.28. The van der Waals surface area contributed by atoms with E-state index in [1.807, 2.05) is 28.9 Å². The Morgan fingerprint density at radius 2 is 2.58 bits per heavy atom. The number of imidazole rings is 1. The first-order valence-electron chi connectivity index (χ1n) is 3.73. The highest BCUT2D eigenvalue weighted by atomic mass is 16.5. The molecule has 2 aromatic heterocycles. The fourth-order valence-electron chi connectivity index (χ4n) is 1.15. The van der Waals surface area contributed by atoms with Crippen LogP contribution in [-0.2, 0) is 11.3 Å². The zero-order chi connectivity index (χ0) is 8.39. The van der Waals surface area contributed by atoms with Crippen molar-refractivity contribution in [3.8, 4) is 0 Å². The summed E-state index contributed by atoms with van der Waals surface area (Å²) in [5, 5.41) is 0. The molecule has 0 spiro atoms. The monoisotopic (exact) mass is 161 g/mol. The first kappa shape index (κ1) is 7.31. The average Bonchev–Trinajstić information content (AvgIpc) is 2.47. The van der Waals surface area contributed by atoms with Gasteiger partial charge in [0.15, 0.2) is 0 Å². The van der Waals surface area contributed by atoms with Crippen LogP contribution < -0.4 is 0 Å². The van der Waals surface area contributed by atoms with E-state index >= 15 is 0 Å². The Hall–Kier alpha value is -1.35. The van der Waals surface area contributed by atoms with Gasteiger partial charge in [-0.3, -0.25) is 0 Å². The summed E-state index contributed by atoms with van der Waals surface area (Å²) in [6.45, 7) is 0.557. The Morgan fingerprint density at radius 3 is 3.33 bits per heavy atom. The van der Waals surface area contributed by atoms with Crippen LogP contribution in [0.2, 0.25) is 0 Å². The van der Waals surface area contributed by atoms with Gasteiger partial charge in [-0.25, -0.2) is 4.98 Å². The second kappa shape index (κ2) is 2.95. The summed E-state index contributed by atoms with van der Waals surface area (Å²) in [7, 11) is 1.66. The van der Waals surface area contributed by atoms with Crippen LogP contribution in [0.4, 0.5) is 0 Å². The molecule has 0 N–H and O–H groups in total. The van der Waals surface area contributed by atoms with Crippen molar-refractivity contribution in [2.75, 3.05) is 7.11 Å². The van der Waals surface area contributed by atoms with E-state index in [1.54, 1.807) is 7.11 Å². The van der Waals surface area contributed by atoms with Crippen LogP contribution in [0.5, 0.6) is 0 Å². The van der Waals surface area contributed by atoms with E-state index in [4.69, 9.17) is 4.74 Å². The summed E-state index contributed by atoms with van der Waals surface area (Å²) in [5.41, 5.74) is 1.85. The van der Waals surface area contributed by atoms with Gasteiger partial charge in [-0.2, -0.15) is 0 Å². The topological polar surface area (TPSA) is 26.5 Å². The van der Waals surface area contributed by atoms with Gasteiger partial charge in [0.2, 0.25) is 0 Å². The smallest absolute Gasteiger partial charge is 0.137 e. The molecule has 2 aromatic rings. The van der Waals surface area contributed by atoms with E-state index in [9.17, 15) is 0 Å². The average molecular weight is 161 g/mol. The van der Waals surface area contributed by atoms with Crippen molar-refractivity contribution < 1.29 is 4.74 Å². The highest BCUT2D eigenvalue weighted by Gasteiger charge is 1.98. The van der Waals surface area contributed by atoms with E-state index in [-0.39, 0.29) is 0 Å². The van der Waals surface area contributed by atoms with Crippen molar-refractivity contribution in [1.82, 2.24) is 9.38 Å². The highest BCUT2D eigenvalue weighted by molar-refractivity contribution is 5.38. The predicted molar refractivity (Wildman–Crippen MR) is 44.7 cm³/mol. The third-order valence-corrected chi connectivity index (χ3v) is 1.65. The molecule has 0 amide bonds. The summed E-state index contributed by atoms with van der Waals surface area (Å²) in [4.78, 5) is 4.31. The molecule has 3 nitrogen and oxygen atoms in total. The Morgan fingerprint density at radius 1 is 1.67 bits per heavy atom. The Bertz CT molecular complexity index is 348. The largest absolute Gasteiger partial charge is 0.378 e. The second-order valence-electron chi connectivity index (χ2n) is 2.56. The van der Waals surface area contributed by atoms with Crippen molar-refractivity contribution in [1.29, 1.82) is 0 Å². The van der Waals surface area contributed by atoms with Crippen molar-refractivity contribution in [2.45, 2.75) is 6.61 Å². The molecule has 0 aliphatic carbocycles. The molecule has 0 unspecified atom stereocenters. The van der Waals surface area contributed by atoms with Gasteiger partial charge in [-0.1, -0.05) is 0 Å². The van der Waals surface area contributed by atoms with Crippen LogP contribution in [0.1, 0.15) is 5.69 Å². The Kier molecular flexibility index (Phi) is 1.80. The van der Waals surface area contributed by atoms with Crippen LogP contribution >= 0.6 is 0 Å². The van der Waals surface area contributed by atoms with Gasteiger partial charge < -0.3 is 9.14 Å². The van der Waals surface area contributed by atoms with Gasteiger partial charge in [-0.05, 0) is 18.2 Å². The first-order valence-corrected chi connectivity index (χ1v) is 3.73. The molecule has 0 atom stereocenters. The van der Waals surface area contributed by atoms with Crippen LogP contribution in [-0.4, -0.2) is 16.5 Å². The molecule has 0 aliphatic heterocycles. The Labute approximate surface area is 70.6 Å². The number of hydrogen-bond donors (Lipinski definition) is 0. The number of rotatable bonds is 2. The molecule has 0 saturated heterocycles. The number of hydrogen-bond acceptors (Lipinski definition) is 2. The third-order valence-electron chi connectivity index (χ3n) is 1.65. The minimum atomic E-state index is 0.557. The number of aromatic nitrogens is 2. The van der Waals surface area contributed by atoms with Crippen molar-refractivity contribution in [2.24, 2.45) is 0 Å². The number of methoxy groups -OCH3 is 1. The standard InChI is InChI=1S/C9H9N2O/c1-12-7-8-6-11-5-3-2-4-9(11)10-8/h3-6H,7H2,1H3. The molecular weight excluding hydrogens is 152 g/mol. The lowest BCUT2D eigenvalue weighted by molar-refractivity contribution is 0.182. The Balaban J connectivity index is 2.47. The van der Waals surface area contributed by atoms with Crippen LogP contribution in [0, 0.1) is 6.07 Å². The van der Waals surface area contributed by atoms with Gasteiger partial charge >= 0.3 is 0 Å². The van der Waals surface area contributed by atoms with E-state index in [0.29, 0.717) is 6.61 Å². The van der Waals surface area contributed by atoms with Crippen molar-refractivity contribution in [3.05, 3.63) is 36.3 Å². The third kappa shape index (κ3) is 1.19. The molecule has 0 aliphatic rings. The van der Waals surface area contributed by atoms with E-state index in [1.165, 1.54) is 0 Å². The lowest BCUT2D eigenvalue weighted by Gasteiger charge is -1.88. The second-order valence-corrected chi connectivity index (χ2v) is 2.56. The van der Waals surface area contributed by atoms with E-state index < -0.39 is 0 Å². The molecule has 61 valence electrons. The summed E-state index contributed by atoms with van der Waals surface area (Å²) in [5.74, 6) is 0. The van der Waals surface area contributed by atoms with Crippen LogP contribution in [0.3, 0.4) is 0 Å². The number of fused-ring (bicyclic) bond motifs is 1. The molecule has 2 heterocycles. The zero-order valence-electron chi connectivity index (χ0n) is 6.82. The van der Waals surface area contributed by atoms with Gasteiger partial charge in [0.05, 0.1) is 12.3 Å². The summed E-state index contributed by atoms with van der Waals surface area (Å²) in [6.07, 6.45) is 3.87. The maximum atomic E-state index is 4.97. The highest BCUT2D eigenvalue weighted by Crippen LogP contribution is 2.04. The summed E-state index contributed by atoms with van der Waals surface area (Å²) < 4.78 is 6.92. The number of ether oxygens (including phenoxy) is 1. The first-order chi connectivity index (χ1) is 5.90. The molecule has 0 bridgehead atoms. The molecule has 0 saturated carbocycles. The van der Waals surface area contributed by atoms with Crippen LogP contribution in [0.15, 0.2) is 24.5 Å². The maximum absolute atomic E-state index is 4.97. The molecule has 0 aromatic carbocycles. The normalized spacial score (nSPS) is 10.8. The lowest BCUT2D eigenvalue weighted by atomic mass is 10.5. The number of nitrogens with zero attached hydrogens (tertiary/aromatic N) is 2.